The lowest BCUT2D eigenvalue weighted by Gasteiger charge is -2.24. The molecule has 9 heteroatoms. The lowest BCUT2D eigenvalue weighted by Crippen LogP contribution is -2.32. The molecule has 2 aromatic carbocycles. The highest BCUT2D eigenvalue weighted by molar-refractivity contribution is 7.92. The minimum atomic E-state index is -4.15. The normalized spacial score (nSPS) is 10.9. The van der Waals surface area contributed by atoms with E-state index in [0.29, 0.717) is 5.56 Å². The Morgan fingerprint density at radius 1 is 1.30 bits per heavy atom. The van der Waals surface area contributed by atoms with Crippen LogP contribution in [0.25, 0.3) is 0 Å². The molecule has 142 valence electrons. The standard InChI is InChI=1S/C18H18N2O6S/c1-4-10-19(15-7-5-6-14(11-15)18(21)26-3)27(24,25)17-12-16(20(22)23)9-8-13(17)2/h4-9,11-12H,1,10H2,2-3H3. The summed E-state index contributed by atoms with van der Waals surface area (Å²) in [6, 6.07) is 9.54. The third kappa shape index (κ3) is 4.14. The zero-order chi connectivity index (χ0) is 20.2. The van der Waals surface area contributed by atoms with Crippen LogP contribution in [0.1, 0.15) is 15.9 Å². The number of esters is 1. The van der Waals surface area contributed by atoms with Gasteiger partial charge in [-0.2, -0.15) is 0 Å². The number of rotatable bonds is 7. The van der Waals surface area contributed by atoms with Crippen molar-refractivity contribution in [1.82, 2.24) is 0 Å². The van der Waals surface area contributed by atoms with Crippen molar-refractivity contribution >= 4 is 27.4 Å². The molecule has 0 saturated heterocycles. The van der Waals surface area contributed by atoms with E-state index < -0.39 is 20.9 Å². The molecule has 0 aliphatic heterocycles. The summed E-state index contributed by atoms with van der Waals surface area (Å²) in [4.78, 5) is 21.9. The lowest BCUT2D eigenvalue weighted by atomic mass is 10.2. The molecule has 0 aliphatic carbocycles. The van der Waals surface area contributed by atoms with Crippen LogP contribution >= 0.6 is 0 Å². The molecule has 27 heavy (non-hydrogen) atoms. The average molecular weight is 390 g/mol. The number of nitro benzene ring substituents is 1. The predicted molar refractivity (Wildman–Crippen MR) is 100 cm³/mol. The number of carbonyl (C=O) groups is 1. The van der Waals surface area contributed by atoms with Gasteiger partial charge in [-0.3, -0.25) is 14.4 Å². The predicted octanol–water partition coefficient (Wildman–Crippen LogP) is 3.07. The van der Waals surface area contributed by atoms with Crippen LogP contribution in [-0.2, 0) is 14.8 Å². The summed E-state index contributed by atoms with van der Waals surface area (Å²) in [6.45, 7) is 5.03. The van der Waals surface area contributed by atoms with Crippen molar-refractivity contribution in [1.29, 1.82) is 0 Å². The fraction of sp³-hybridized carbons (Fsp3) is 0.167. The lowest BCUT2D eigenvalue weighted by molar-refractivity contribution is -0.385. The summed E-state index contributed by atoms with van der Waals surface area (Å²) in [5.74, 6) is -0.612. The maximum absolute atomic E-state index is 13.2. The van der Waals surface area contributed by atoms with Gasteiger partial charge in [-0.1, -0.05) is 18.2 Å². The number of nitro groups is 1. The fourth-order valence-corrected chi connectivity index (χ4v) is 4.14. The minimum Gasteiger partial charge on any atom is -0.465 e. The summed E-state index contributed by atoms with van der Waals surface area (Å²) in [6.07, 6.45) is 1.38. The number of sulfonamides is 1. The molecule has 0 saturated carbocycles. The Bertz CT molecular complexity index is 1000. The monoisotopic (exact) mass is 390 g/mol. The van der Waals surface area contributed by atoms with Gasteiger partial charge in [0.15, 0.2) is 0 Å². The van der Waals surface area contributed by atoms with Crippen LogP contribution in [0, 0.1) is 17.0 Å². The van der Waals surface area contributed by atoms with Crippen molar-refractivity contribution < 1.29 is 22.9 Å². The Balaban J connectivity index is 2.62. The molecule has 0 unspecified atom stereocenters. The van der Waals surface area contributed by atoms with Crippen molar-refractivity contribution in [3.05, 3.63) is 76.4 Å². The van der Waals surface area contributed by atoms with Gasteiger partial charge in [-0.15, -0.1) is 6.58 Å². The quantitative estimate of drug-likeness (QED) is 0.311. The van der Waals surface area contributed by atoms with Gasteiger partial charge >= 0.3 is 5.97 Å². The van der Waals surface area contributed by atoms with E-state index in [1.54, 1.807) is 6.92 Å². The summed E-state index contributed by atoms with van der Waals surface area (Å²) in [5, 5.41) is 11.0. The second kappa shape index (κ2) is 8.00. The molecule has 0 aromatic heterocycles. The van der Waals surface area contributed by atoms with E-state index in [0.717, 1.165) is 10.4 Å². The summed E-state index contributed by atoms with van der Waals surface area (Å²) >= 11 is 0. The van der Waals surface area contributed by atoms with Crippen LogP contribution in [0.15, 0.2) is 60.0 Å². The van der Waals surface area contributed by atoms with Crippen molar-refractivity contribution in [3.63, 3.8) is 0 Å². The molecule has 0 heterocycles. The van der Waals surface area contributed by atoms with Gasteiger partial charge in [-0.05, 0) is 30.7 Å². The number of nitrogens with zero attached hydrogens (tertiary/aromatic N) is 2. The first-order valence-electron chi connectivity index (χ1n) is 7.79. The van der Waals surface area contributed by atoms with Gasteiger partial charge in [-0.25, -0.2) is 13.2 Å². The number of methoxy groups -OCH3 is 1. The molecule has 0 spiro atoms. The van der Waals surface area contributed by atoms with E-state index in [4.69, 9.17) is 0 Å². The van der Waals surface area contributed by atoms with E-state index in [2.05, 4.69) is 11.3 Å². The van der Waals surface area contributed by atoms with Crippen LogP contribution in [0.5, 0.6) is 0 Å². The first-order valence-corrected chi connectivity index (χ1v) is 9.23. The number of anilines is 1. The van der Waals surface area contributed by atoms with E-state index in [1.807, 2.05) is 0 Å². The van der Waals surface area contributed by atoms with Gasteiger partial charge in [0.2, 0.25) is 0 Å². The Kier molecular flexibility index (Phi) is 5.96. The third-order valence-electron chi connectivity index (χ3n) is 3.80. The van der Waals surface area contributed by atoms with Crippen molar-refractivity contribution in [3.8, 4) is 0 Å². The number of aryl methyl sites for hydroxylation is 1. The number of non-ortho nitro benzene ring substituents is 1. The molecule has 2 rings (SSSR count). The molecule has 8 nitrogen and oxygen atoms in total. The minimum absolute atomic E-state index is 0.0882. The Labute approximate surface area is 156 Å². The van der Waals surface area contributed by atoms with Crippen molar-refractivity contribution in [2.75, 3.05) is 18.0 Å². The summed E-state index contributed by atoms with van der Waals surface area (Å²) in [5.41, 5.74) is 0.415. The number of carbonyl (C=O) groups excluding carboxylic acids is 1. The second-order valence-corrected chi connectivity index (χ2v) is 7.40. The smallest absolute Gasteiger partial charge is 0.337 e. The molecule has 2 aromatic rings. The fourth-order valence-electron chi connectivity index (χ4n) is 2.46. The van der Waals surface area contributed by atoms with Crippen LogP contribution in [0.2, 0.25) is 0 Å². The zero-order valence-electron chi connectivity index (χ0n) is 14.8. The Hall–Kier alpha value is -3.20. The highest BCUT2D eigenvalue weighted by Crippen LogP contribution is 2.29. The molecule has 0 atom stereocenters. The van der Waals surface area contributed by atoms with Crippen LogP contribution in [-0.4, -0.2) is 33.0 Å². The molecule has 0 N–H and O–H groups in total. The SMILES string of the molecule is C=CCN(c1cccc(C(=O)OC)c1)S(=O)(=O)c1cc([N+](=O)[O-])ccc1C. The second-order valence-electron chi connectivity index (χ2n) is 5.57. The molecular formula is C18H18N2O6S. The van der Waals surface area contributed by atoms with Gasteiger partial charge in [0, 0.05) is 12.1 Å². The van der Waals surface area contributed by atoms with Crippen LogP contribution < -0.4 is 4.31 Å². The maximum atomic E-state index is 13.2. The molecule has 0 bridgehead atoms. The molecule has 0 fully saturated rings. The first-order chi connectivity index (χ1) is 12.7. The Morgan fingerprint density at radius 2 is 2.00 bits per heavy atom. The largest absolute Gasteiger partial charge is 0.465 e. The maximum Gasteiger partial charge on any atom is 0.337 e. The van der Waals surface area contributed by atoms with Gasteiger partial charge in [0.25, 0.3) is 15.7 Å². The average Bonchev–Trinajstić information content (AvgIpc) is 2.65. The highest BCUT2D eigenvalue weighted by Gasteiger charge is 2.28. The third-order valence-corrected chi connectivity index (χ3v) is 5.74. The zero-order valence-corrected chi connectivity index (χ0v) is 15.6. The van der Waals surface area contributed by atoms with Crippen LogP contribution in [0.3, 0.4) is 0 Å². The molecule has 0 aliphatic rings. The van der Waals surface area contributed by atoms with Crippen LogP contribution in [0.4, 0.5) is 11.4 Å². The molecular weight excluding hydrogens is 372 g/mol. The molecule has 0 radical (unpaired) electrons. The summed E-state index contributed by atoms with van der Waals surface area (Å²) in [7, 11) is -2.92. The van der Waals surface area contributed by atoms with Gasteiger partial charge in [0.1, 0.15) is 0 Å². The van der Waals surface area contributed by atoms with E-state index in [9.17, 15) is 23.3 Å². The van der Waals surface area contributed by atoms with Gasteiger partial charge in [0.05, 0.1) is 34.7 Å². The number of benzene rings is 2. The molecule has 0 amide bonds. The number of ether oxygens (including phenoxy) is 1. The van der Waals surface area contributed by atoms with Crippen molar-refractivity contribution in [2.45, 2.75) is 11.8 Å². The number of hydrogen-bond acceptors (Lipinski definition) is 6. The Morgan fingerprint density at radius 3 is 2.59 bits per heavy atom. The van der Waals surface area contributed by atoms with E-state index >= 15 is 0 Å². The summed E-state index contributed by atoms with van der Waals surface area (Å²) < 4.78 is 32.1. The first kappa shape index (κ1) is 20.1. The highest BCUT2D eigenvalue weighted by atomic mass is 32.2. The van der Waals surface area contributed by atoms with Gasteiger partial charge < -0.3 is 4.74 Å². The van der Waals surface area contributed by atoms with E-state index in [-0.39, 0.29) is 28.4 Å². The topological polar surface area (TPSA) is 107 Å². The number of hydrogen-bond donors (Lipinski definition) is 0. The van der Waals surface area contributed by atoms with Crippen molar-refractivity contribution in [2.24, 2.45) is 0 Å². The van der Waals surface area contributed by atoms with E-state index in [1.165, 1.54) is 49.6 Å².